The molecule has 1 amide bonds. The second-order valence-corrected chi connectivity index (χ2v) is 7.77. The number of nitrogens with one attached hydrogen (secondary N) is 1. The summed E-state index contributed by atoms with van der Waals surface area (Å²) < 4.78 is 2.97. The molecule has 1 N–H and O–H groups in total. The zero-order chi connectivity index (χ0) is 22.1. The van der Waals surface area contributed by atoms with Gasteiger partial charge in [0.05, 0.1) is 22.5 Å². The molecule has 0 spiro atoms. The number of benzene rings is 2. The average Bonchev–Trinajstić information content (AvgIpc) is 3.13. The molecule has 4 rings (SSSR count). The van der Waals surface area contributed by atoms with Crippen molar-refractivity contribution in [3.63, 3.8) is 0 Å². The van der Waals surface area contributed by atoms with Crippen LogP contribution in [0.25, 0.3) is 16.6 Å². The molecule has 2 heterocycles. The minimum absolute atomic E-state index is 0.269. The molecule has 0 unspecified atom stereocenters. The van der Waals surface area contributed by atoms with Gasteiger partial charge in [0.25, 0.3) is 5.56 Å². The van der Waals surface area contributed by atoms with Crippen molar-refractivity contribution < 1.29 is 4.79 Å². The van der Waals surface area contributed by atoms with Crippen LogP contribution in [0.4, 0.5) is 0 Å². The number of carbonyl (C=O) groups is 1. The van der Waals surface area contributed by atoms with Gasteiger partial charge in [0.2, 0.25) is 5.91 Å². The summed E-state index contributed by atoms with van der Waals surface area (Å²) in [5.41, 5.74) is 4.43. The van der Waals surface area contributed by atoms with Gasteiger partial charge >= 0.3 is 0 Å². The van der Waals surface area contributed by atoms with Crippen molar-refractivity contribution in [3.8, 4) is 5.69 Å². The summed E-state index contributed by atoms with van der Waals surface area (Å²) >= 11 is 0. The predicted octanol–water partition coefficient (Wildman–Crippen LogP) is 3.38. The van der Waals surface area contributed by atoms with Crippen LogP contribution in [0.15, 0.2) is 59.4 Å². The van der Waals surface area contributed by atoms with Crippen molar-refractivity contribution in [2.75, 3.05) is 0 Å². The molecule has 7 heteroatoms. The third kappa shape index (κ3) is 3.86. The highest BCUT2D eigenvalue weighted by Gasteiger charge is 2.23. The molecule has 0 aliphatic rings. The molecular weight excluding hydrogens is 390 g/mol. The van der Waals surface area contributed by atoms with Crippen molar-refractivity contribution >= 4 is 16.8 Å². The fraction of sp³-hybridized carbons (Fsp3) is 0.250. The van der Waals surface area contributed by atoms with E-state index in [9.17, 15) is 9.59 Å². The Balaban J connectivity index is 1.67. The quantitative estimate of drug-likeness (QED) is 0.542. The number of para-hydroxylation sites is 1. The molecule has 2 aromatic carbocycles. The van der Waals surface area contributed by atoms with Crippen LogP contribution >= 0.6 is 0 Å². The topological polar surface area (TPSA) is 81.8 Å². The maximum Gasteiger partial charge on any atom is 0.295 e. The molecule has 0 radical (unpaired) electrons. The molecule has 2 aromatic heterocycles. The molecule has 0 saturated heterocycles. The fourth-order valence-corrected chi connectivity index (χ4v) is 3.80. The first-order chi connectivity index (χ1) is 14.9. The molecule has 0 saturated carbocycles. The molecule has 0 fully saturated rings. The van der Waals surface area contributed by atoms with E-state index in [0.717, 1.165) is 27.9 Å². The lowest BCUT2D eigenvalue weighted by Crippen LogP contribution is -2.37. The number of aromatic nitrogens is 4. The predicted molar refractivity (Wildman–Crippen MR) is 120 cm³/mol. The zero-order valence-electron chi connectivity index (χ0n) is 18.1. The van der Waals surface area contributed by atoms with Crippen molar-refractivity contribution in [1.82, 2.24) is 24.9 Å². The summed E-state index contributed by atoms with van der Waals surface area (Å²) in [5.74, 6) is -0.269. The molecule has 0 aliphatic carbocycles. The SMILES string of the molecule is Cc1cccc(CNC(=O)[C@@H](C)n2nc(C)c3c(C)n(-c4ccccc4)nc3c2=O)c1. The Morgan fingerprint density at radius 1 is 1.03 bits per heavy atom. The minimum Gasteiger partial charge on any atom is -0.350 e. The van der Waals surface area contributed by atoms with Gasteiger partial charge in [-0.05, 0) is 45.4 Å². The lowest BCUT2D eigenvalue weighted by Gasteiger charge is -2.15. The summed E-state index contributed by atoms with van der Waals surface area (Å²) in [6.07, 6.45) is 0. The smallest absolute Gasteiger partial charge is 0.295 e. The van der Waals surface area contributed by atoms with Gasteiger partial charge in [-0.25, -0.2) is 9.36 Å². The largest absolute Gasteiger partial charge is 0.350 e. The highest BCUT2D eigenvalue weighted by Crippen LogP contribution is 2.21. The Hall–Kier alpha value is -3.74. The summed E-state index contributed by atoms with van der Waals surface area (Å²) in [6.45, 7) is 7.82. The van der Waals surface area contributed by atoms with E-state index in [1.165, 1.54) is 4.68 Å². The molecule has 0 bridgehead atoms. The first kappa shape index (κ1) is 20.5. The van der Waals surface area contributed by atoms with E-state index < -0.39 is 6.04 Å². The number of hydrogen-bond acceptors (Lipinski definition) is 4. The van der Waals surface area contributed by atoms with Gasteiger partial charge in [0, 0.05) is 6.54 Å². The average molecular weight is 415 g/mol. The molecule has 158 valence electrons. The Morgan fingerprint density at radius 3 is 2.48 bits per heavy atom. The number of hydrogen-bond donors (Lipinski definition) is 1. The molecule has 4 aromatic rings. The Kier molecular flexibility index (Phi) is 5.42. The first-order valence-electron chi connectivity index (χ1n) is 10.2. The fourth-order valence-electron chi connectivity index (χ4n) is 3.80. The van der Waals surface area contributed by atoms with Crippen LogP contribution in [0.2, 0.25) is 0 Å². The van der Waals surface area contributed by atoms with Crippen LogP contribution in [0.3, 0.4) is 0 Å². The second-order valence-electron chi connectivity index (χ2n) is 7.77. The van der Waals surface area contributed by atoms with Gasteiger partial charge < -0.3 is 5.32 Å². The lowest BCUT2D eigenvalue weighted by molar-refractivity contribution is -0.124. The normalized spacial score (nSPS) is 12.1. The van der Waals surface area contributed by atoms with Crippen molar-refractivity contribution in [2.45, 2.75) is 40.3 Å². The van der Waals surface area contributed by atoms with Gasteiger partial charge in [-0.15, -0.1) is 0 Å². The summed E-state index contributed by atoms with van der Waals surface area (Å²) in [6, 6.07) is 16.8. The number of nitrogens with zero attached hydrogens (tertiary/aromatic N) is 4. The van der Waals surface area contributed by atoms with E-state index in [2.05, 4.69) is 15.5 Å². The van der Waals surface area contributed by atoms with E-state index in [0.29, 0.717) is 17.8 Å². The molecule has 1 atom stereocenters. The molecular formula is C24H25N5O2. The van der Waals surface area contributed by atoms with Crippen molar-refractivity contribution in [3.05, 3.63) is 87.5 Å². The lowest BCUT2D eigenvalue weighted by atomic mass is 10.1. The third-order valence-corrected chi connectivity index (χ3v) is 5.44. The summed E-state index contributed by atoms with van der Waals surface area (Å²) in [5, 5.41) is 12.6. The summed E-state index contributed by atoms with van der Waals surface area (Å²) in [7, 11) is 0. The van der Waals surface area contributed by atoms with Crippen LogP contribution in [0, 0.1) is 20.8 Å². The Morgan fingerprint density at radius 2 is 1.77 bits per heavy atom. The monoisotopic (exact) mass is 415 g/mol. The number of fused-ring (bicyclic) bond motifs is 1. The maximum atomic E-state index is 13.2. The van der Waals surface area contributed by atoms with Crippen molar-refractivity contribution in [2.24, 2.45) is 0 Å². The van der Waals surface area contributed by atoms with E-state index >= 15 is 0 Å². The Labute approximate surface area is 180 Å². The van der Waals surface area contributed by atoms with Crippen LogP contribution in [0.5, 0.6) is 0 Å². The van der Waals surface area contributed by atoms with Crippen LogP contribution in [0.1, 0.15) is 35.5 Å². The highest BCUT2D eigenvalue weighted by atomic mass is 16.2. The van der Waals surface area contributed by atoms with Gasteiger partial charge in [-0.1, -0.05) is 48.0 Å². The number of amides is 1. The highest BCUT2D eigenvalue weighted by molar-refractivity contribution is 5.84. The number of rotatable bonds is 5. The van der Waals surface area contributed by atoms with Gasteiger partial charge in [-0.3, -0.25) is 9.59 Å². The standard InChI is InChI=1S/C24H25N5O2/c1-15-9-8-10-19(13-15)14-25-23(30)18(4)29-24(31)22-21(16(2)26-29)17(3)28(27-22)20-11-6-5-7-12-20/h5-13,18H,14H2,1-4H3,(H,25,30)/t18-/m1/s1. The van der Waals surface area contributed by atoms with E-state index in [-0.39, 0.29) is 11.5 Å². The van der Waals surface area contributed by atoms with Crippen LogP contribution in [-0.2, 0) is 11.3 Å². The van der Waals surface area contributed by atoms with E-state index in [1.807, 2.05) is 75.4 Å². The third-order valence-electron chi connectivity index (χ3n) is 5.44. The number of carbonyl (C=O) groups excluding carboxylic acids is 1. The van der Waals surface area contributed by atoms with E-state index in [1.54, 1.807) is 11.6 Å². The molecule has 31 heavy (non-hydrogen) atoms. The van der Waals surface area contributed by atoms with Crippen molar-refractivity contribution in [1.29, 1.82) is 0 Å². The van der Waals surface area contributed by atoms with E-state index in [4.69, 9.17) is 0 Å². The molecule has 0 aliphatic heterocycles. The Bertz CT molecular complexity index is 1320. The first-order valence-corrected chi connectivity index (χ1v) is 10.2. The van der Waals surface area contributed by atoms with Crippen LogP contribution in [-0.4, -0.2) is 25.5 Å². The van der Waals surface area contributed by atoms with Gasteiger partial charge in [0.15, 0.2) is 5.52 Å². The zero-order valence-corrected chi connectivity index (χ0v) is 18.1. The summed E-state index contributed by atoms with van der Waals surface area (Å²) in [4.78, 5) is 25.9. The van der Waals surface area contributed by atoms with Crippen LogP contribution < -0.4 is 10.9 Å². The minimum atomic E-state index is -0.761. The number of aryl methyl sites for hydroxylation is 3. The maximum absolute atomic E-state index is 13.2. The van der Waals surface area contributed by atoms with Gasteiger partial charge in [-0.2, -0.15) is 10.2 Å². The molecule has 7 nitrogen and oxygen atoms in total. The van der Waals surface area contributed by atoms with Gasteiger partial charge in [0.1, 0.15) is 6.04 Å². The second kappa shape index (κ2) is 8.18.